The highest BCUT2D eigenvalue weighted by atomic mass is 16.6. The lowest BCUT2D eigenvalue weighted by molar-refractivity contribution is -0.384. The van der Waals surface area contributed by atoms with Crippen molar-refractivity contribution in [1.82, 2.24) is 0 Å². The summed E-state index contributed by atoms with van der Waals surface area (Å²) < 4.78 is 5.40. The molecular formula is C12H9N3O5. The van der Waals surface area contributed by atoms with Crippen molar-refractivity contribution in [1.29, 1.82) is 0 Å². The van der Waals surface area contributed by atoms with E-state index < -0.39 is 9.85 Å². The van der Waals surface area contributed by atoms with E-state index in [1.165, 1.54) is 42.5 Å². The first kappa shape index (κ1) is 13.3. The number of hydrogen-bond acceptors (Lipinski definition) is 6. The first-order chi connectivity index (χ1) is 9.47. The zero-order chi connectivity index (χ0) is 14.7. The highest BCUT2D eigenvalue weighted by Gasteiger charge is 2.12. The summed E-state index contributed by atoms with van der Waals surface area (Å²) in [6.45, 7) is 0. The lowest BCUT2D eigenvalue weighted by Gasteiger charge is -2.06. The number of nitro groups is 2. The number of non-ortho nitro benzene ring substituents is 1. The Morgan fingerprint density at radius 1 is 0.900 bits per heavy atom. The quantitative estimate of drug-likeness (QED) is 0.520. The van der Waals surface area contributed by atoms with Gasteiger partial charge in [-0.25, -0.2) is 0 Å². The summed E-state index contributed by atoms with van der Waals surface area (Å²) in [7, 11) is 0. The molecule has 0 aliphatic carbocycles. The van der Waals surface area contributed by atoms with E-state index in [1.807, 2.05) is 0 Å². The molecule has 0 atom stereocenters. The number of nitrogens with zero attached hydrogens (tertiary/aromatic N) is 2. The zero-order valence-corrected chi connectivity index (χ0v) is 10.1. The smallest absolute Gasteiger partial charge is 0.292 e. The molecule has 0 fully saturated rings. The Morgan fingerprint density at radius 3 is 2.00 bits per heavy atom. The molecule has 0 aliphatic heterocycles. The van der Waals surface area contributed by atoms with E-state index in [0.717, 1.165) is 0 Å². The Hall–Kier alpha value is -3.16. The normalized spacial score (nSPS) is 10.0. The number of nitrogens with two attached hydrogens (primary N) is 1. The number of hydrogen-bond donors (Lipinski definition) is 1. The van der Waals surface area contributed by atoms with Gasteiger partial charge in [0, 0.05) is 24.3 Å². The average molecular weight is 275 g/mol. The van der Waals surface area contributed by atoms with Crippen molar-refractivity contribution >= 4 is 17.1 Å². The van der Waals surface area contributed by atoms with Gasteiger partial charge < -0.3 is 10.5 Å². The van der Waals surface area contributed by atoms with Crippen LogP contribution in [0.1, 0.15) is 0 Å². The van der Waals surface area contributed by atoms with Gasteiger partial charge in [0.05, 0.1) is 9.85 Å². The second-order valence-electron chi connectivity index (χ2n) is 3.83. The zero-order valence-electron chi connectivity index (χ0n) is 10.1. The molecule has 0 saturated carbocycles. The van der Waals surface area contributed by atoms with Crippen molar-refractivity contribution in [2.45, 2.75) is 0 Å². The molecule has 0 spiro atoms. The molecule has 0 radical (unpaired) electrons. The van der Waals surface area contributed by atoms with Gasteiger partial charge in [0.1, 0.15) is 17.2 Å². The van der Waals surface area contributed by atoms with Gasteiger partial charge in [-0.15, -0.1) is 0 Å². The summed E-state index contributed by atoms with van der Waals surface area (Å²) in [6, 6.07) is 9.39. The minimum atomic E-state index is -0.592. The molecule has 0 amide bonds. The topological polar surface area (TPSA) is 122 Å². The van der Waals surface area contributed by atoms with Crippen LogP contribution in [-0.4, -0.2) is 9.85 Å². The van der Waals surface area contributed by atoms with Gasteiger partial charge in [-0.1, -0.05) is 0 Å². The van der Waals surface area contributed by atoms with Crippen LogP contribution in [0.3, 0.4) is 0 Å². The number of benzene rings is 2. The van der Waals surface area contributed by atoms with Crippen molar-refractivity contribution in [2.24, 2.45) is 0 Å². The van der Waals surface area contributed by atoms with E-state index in [-0.39, 0.29) is 17.1 Å². The molecule has 0 aromatic heterocycles. The largest absolute Gasteiger partial charge is 0.457 e. The van der Waals surface area contributed by atoms with Crippen LogP contribution in [0.2, 0.25) is 0 Å². The maximum absolute atomic E-state index is 10.6. The molecule has 8 nitrogen and oxygen atoms in total. The highest BCUT2D eigenvalue weighted by Crippen LogP contribution is 2.29. The number of rotatable bonds is 4. The Morgan fingerprint density at radius 2 is 1.50 bits per heavy atom. The number of anilines is 1. The van der Waals surface area contributed by atoms with E-state index in [2.05, 4.69) is 0 Å². The minimum Gasteiger partial charge on any atom is -0.457 e. The Kier molecular flexibility index (Phi) is 3.47. The van der Waals surface area contributed by atoms with Gasteiger partial charge in [0.15, 0.2) is 0 Å². The van der Waals surface area contributed by atoms with Crippen LogP contribution in [-0.2, 0) is 0 Å². The number of nitro benzene ring substituents is 2. The van der Waals surface area contributed by atoms with Crippen molar-refractivity contribution < 1.29 is 14.6 Å². The summed E-state index contributed by atoms with van der Waals surface area (Å²) in [5, 5.41) is 21.1. The molecule has 2 rings (SSSR count). The molecule has 8 heteroatoms. The molecule has 0 aliphatic rings. The van der Waals surface area contributed by atoms with Crippen LogP contribution >= 0.6 is 0 Å². The van der Waals surface area contributed by atoms with Gasteiger partial charge in [-0.3, -0.25) is 20.2 Å². The fraction of sp³-hybridized carbons (Fsp3) is 0. The molecule has 2 aromatic rings. The Bertz CT molecular complexity index is 669. The Balaban J connectivity index is 2.19. The van der Waals surface area contributed by atoms with Crippen molar-refractivity contribution in [3.8, 4) is 11.5 Å². The van der Waals surface area contributed by atoms with Gasteiger partial charge in [-0.05, 0) is 18.2 Å². The number of ether oxygens (including phenoxy) is 1. The van der Waals surface area contributed by atoms with Gasteiger partial charge in [0.2, 0.25) is 0 Å². The van der Waals surface area contributed by atoms with Gasteiger partial charge >= 0.3 is 0 Å². The standard InChI is InChI=1S/C12H9N3O5/c13-11-7-10(5-6-12(11)15(18)19)20-9-3-1-8(2-4-9)14(16)17/h1-7H,13H2. The van der Waals surface area contributed by atoms with E-state index in [9.17, 15) is 20.2 Å². The summed E-state index contributed by atoms with van der Waals surface area (Å²) in [6.07, 6.45) is 0. The minimum absolute atomic E-state index is 0.0191. The van der Waals surface area contributed by atoms with E-state index in [1.54, 1.807) is 0 Å². The third kappa shape index (κ3) is 2.80. The molecule has 0 heterocycles. The second-order valence-corrected chi connectivity index (χ2v) is 3.83. The third-order valence-electron chi connectivity index (χ3n) is 2.48. The van der Waals surface area contributed by atoms with Crippen LogP contribution < -0.4 is 10.5 Å². The molecular weight excluding hydrogens is 266 g/mol. The summed E-state index contributed by atoms with van der Waals surface area (Å²) in [4.78, 5) is 20.0. The first-order valence-electron chi connectivity index (χ1n) is 5.43. The fourth-order valence-electron chi connectivity index (χ4n) is 1.53. The SMILES string of the molecule is Nc1cc(Oc2ccc([N+](=O)[O-])cc2)ccc1[N+](=O)[O-]. The van der Waals surface area contributed by atoms with Crippen LogP contribution in [0.15, 0.2) is 42.5 Å². The molecule has 2 aromatic carbocycles. The molecule has 2 N–H and O–H groups in total. The summed E-state index contributed by atoms with van der Waals surface area (Å²) >= 11 is 0. The summed E-state index contributed by atoms with van der Waals surface area (Å²) in [5.41, 5.74) is 5.25. The maximum Gasteiger partial charge on any atom is 0.292 e. The third-order valence-corrected chi connectivity index (χ3v) is 2.48. The Labute approximate surface area is 112 Å². The van der Waals surface area contributed by atoms with Gasteiger partial charge in [-0.2, -0.15) is 0 Å². The highest BCUT2D eigenvalue weighted by molar-refractivity contribution is 5.61. The molecule has 0 saturated heterocycles. The van der Waals surface area contributed by atoms with Gasteiger partial charge in [0.25, 0.3) is 11.4 Å². The lowest BCUT2D eigenvalue weighted by atomic mass is 10.2. The molecule has 0 unspecified atom stereocenters. The first-order valence-corrected chi connectivity index (χ1v) is 5.43. The average Bonchev–Trinajstić information content (AvgIpc) is 2.39. The maximum atomic E-state index is 10.6. The van der Waals surface area contributed by atoms with Crippen molar-refractivity contribution in [3.05, 3.63) is 62.7 Å². The molecule has 20 heavy (non-hydrogen) atoms. The van der Waals surface area contributed by atoms with E-state index >= 15 is 0 Å². The van der Waals surface area contributed by atoms with Crippen LogP contribution in [0.25, 0.3) is 0 Å². The van der Waals surface area contributed by atoms with E-state index in [0.29, 0.717) is 11.5 Å². The molecule has 102 valence electrons. The number of nitrogen functional groups attached to an aromatic ring is 1. The lowest BCUT2D eigenvalue weighted by Crippen LogP contribution is -1.96. The summed E-state index contributed by atoms with van der Waals surface area (Å²) in [5.74, 6) is 0.672. The molecule has 0 bridgehead atoms. The predicted molar refractivity (Wildman–Crippen MR) is 70.7 cm³/mol. The van der Waals surface area contributed by atoms with E-state index in [4.69, 9.17) is 10.5 Å². The van der Waals surface area contributed by atoms with Crippen LogP contribution in [0.5, 0.6) is 11.5 Å². The fourth-order valence-corrected chi connectivity index (χ4v) is 1.53. The van der Waals surface area contributed by atoms with Crippen LogP contribution in [0, 0.1) is 20.2 Å². The van der Waals surface area contributed by atoms with Crippen molar-refractivity contribution in [2.75, 3.05) is 5.73 Å². The van der Waals surface area contributed by atoms with Crippen LogP contribution in [0.4, 0.5) is 17.1 Å². The second kappa shape index (κ2) is 5.22. The monoisotopic (exact) mass is 275 g/mol. The van der Waals surface area contributed by atoms with Crippen molar-refractivity contribution in [3.63, 3.8) is 0 Å². The predicted octanol–water partition coefficient (Wildman–Crippen LogP) is 2.88.